The Morgan fingerprint density at radius 3 is 2.08 bits per heavy atom. The van der Waals surface area contributed by atoms with Crippen molar-refractivity contribution in [2.75, 3.05) is 14.1 Å². The van der Waals surface area contributed by atoms with Crippen molar-refractivity contribution in [2.45, 2.75) is 51.6 Å². The summed E-state index contributed by atoms with van der Waals surface area (Å²) in [5, 5.41) is 0. The van der Waals surface area contributed by atoms with Crippen molar-refractivity contribution in [3.05, 3.63) is 0 Å². The van der Waals surface area contributed by atoms with Crippen molar-refractivity contribution < 1.29 is 0 Å². The Kier molecular flexibility index (Phi) is 4.80. The second-order valence-electron chi connectivity index (χ2n) is 4.60. The van der Waals surface area contributed by atoms with Gasteiger partial charge in [-0.15, -0.1) is 0 Å². The van der Waals surface area contributed by atoms with Crippen LogP contribution >= 0.6 is 0 Å². The topological polar surface area (TPSA) is 29.3 Å². The van der Waals surface area contributed by atoms with Crippen LogP contribution in [0.1, 0.15) is 40.0 Å². The number of nitrogens with two attached hydrogens (primary N) is 1. The summed E-state index contributed by atoms with van der Waals surface area (Å²) in [6.07, 6.45) is 3.56. The molecule has 1 unspecified atom stereocenters. The van der Waals surface area contributed by atoms with Gasteiger partial charge in [-0.25, -0.2) is 0 Å². The number of hydrogen-bond donors (Lipinski definition) is 1. The molecule has 0 bridgehead atoms. The van der Waals surface area contributed by atoms with Crippen LogP contribution in [0.4, 0.5) is 0 Å². The Hall–Kier alpha value is -0.0800. The minimum absolute atomic E-state index is 0.0376. The van der Waals surface area contributed by atoms with E-state index in [0.717, 1.165) is 6.42 Å². The zero-order valence-corrected chi connectivity index (χ0v) is 9.22. The zero-order valence-electron chi connectivity index (χ0n) is 9.22. The van der Waals surface area contributed by atoms with Crippen molar-refractivity contribution in [3.8, 4) is 0 Å². The lowest BCUT2D eigenvalue weighted by molar-refractivity contribution is 0.226. The summed E-state index contributed by atoms with van der Waals surface area (Å²) >= 11 is 0. The van der Waals surface area contributed by atoms with Crippen LogP contribution in [-0.2, 0) is 0 Å². The fraction of sp³-hybridized carbons (Fsp3) is 1.00. The average molecular weight is 172 g/mol. The highest BCUT2D eigenvalue weighted by Gasteiger charge is 2.19. The third-order valence-corrected chi connectivity index (χ3v) is 2.11. The maximum Gasteiger partial charge on any atom is 0.0112 e. The van der Waals surface area contributed by atoms with E-state index in [1.807, 2.05) is 0 Å². The zero-order chi connectivity index (χ0) is 9.78. The number of rotatable bonds is 5. The fourth-order valence-corrected chi connectivity index (χ4v) is 1.48. The van der Waals surface area contributed by atoms with Crippen molar-refractivity contribution >= 4 is 0 Å². The average Bonchev–Trinajstić information content (AvgIpc) is 1.83. The Morgan fingerprint density at radius 1 is 1.33 bits per heavy atom. The quantitative estimate of drug-likeness (QED) is 0.685. The van der Waals surface area contributed by atoms with E-state index in [0.29, 0.717) is 6.04 Å². The van der Waals surface area contributed by atoms with E-state index in [2.05, 4.69) is 39.8 Å². The highest BCUT2D eigenvalue weighted by atomic mass is 15.1. The third-order valence-electron chi connectivity index (χ3n) is 2.11. The lowest BCUT2D eigenvalue weighted by atomic mass is 9.93. The van der Waals surface area contributed by atoms with Gasteiger partial charge in [-0.3, -0.25) is 0 Å². The Morgan fingerprint density at radius 2 is 1.83 bits per heavy atom. The molecule has 0 radical (unpaired) electrons. The van der Waals surface area contributed by atoms with Crippen molar-refractivity contribution in [1.29, 1.82) is 0 Å². The normalized spacial score (nSPS) is 15.2. The smallest absolute Gasteiger partial charge is 0.0112 e. The van der Waals surface area contributed by atoms with Crippen molar-refractivity contribution in [2.24, 2.45) is 5.73 Å². The molecule has 0 aromatic carbocycles. The molecule has 0 saturated heterocycles. The Labute approximate surface area is 77.1 Å². The predicted octanol–water partition coefficient (Wildman–Crippen LogP) is 1.84. The van der Waals surface area contributed by atoms with Crippen LogP contribution in [0.2, 0.25) is 0 Å². The van der Waals surface area contributed by atoms with Crippen molar-refractivity contribution in [1.82, 2.24) is 4.90 Å². The van der Waals surface area contributed by atoms with E-state index in [4.69, 9.17) is 5.73 Å². The molecule has 2 N–H and O–H groups in total. The van der Waals surface area contributed by atoms with E-state index in [9.17, 15) is 0 Å². The Bertz CT molecular complexity index is 113. The molecule has 0 heterocycles. The molecular formula is C10H24N2. The lowest BCUT2D eigenvalue weighted by Gasteiger charge is -2.30. The number of nitrogens with zero attached hydrogens (tertiary/aromatic N) is 1. The molecule has 2 heteroatoms. The summed E-state index contributed by atoms with van der Waals surface area (Å²) in [5.74, 6) is 0. The van der Waals surface area contributed by atoms with E-state index >= 15 is 0 Å². The minimum atomic E-state index is -0.0376. The molecule has 0 aliphatic carbocycles. The molecule has 12 heavy (non-hydrogen) atoms. The molecule has 0 aliphatic rings. The van der Waals surface area contributed by atoms with Gasteiger partial charge >= 0.3 is 0 Å². The highest BCUT2D eigenvalue weighted by molar-refractivity contribution is 4.80. The first-order chi connectivity index (χ1) is 5.37. The maximum atomic E-state index is 5.98. The highest BCUT2D eigenvalue weighted by Crippen LogP contribution is 2.15. The molecule has 0 aromatic heterocycles. The summed E-state index contributed by atoms with van der Waals surface area (Å²) < 4.78 is 0. The van der Waals surface area contributed by atoms with Gasteiger partial charge in [0.1, 0.15) is 0 Å². The SMILES string of the molecule is CCCC(CC(C)(C)N)N(C)C. The van der Waals surface area contributed by atoms with Gasteiger partial charge in [0.2, 0.25) is 0 Å². The van der Waals surface area contributed by atoms with Crippen LogP contribution in [0.3, 0.4) is 0 Å². The summed E-state index contributed by atoms with van der Waals surface area (Å²) in [5.41, 5.74) is 5.94. The van der Waals surface area contributed by atoms with Gasteiger partial charge in [0.05, 0.1) is 0 Å². The van der Waals surface area contributed by atoms with Gasteiger partial charge in [0, 0.05) is 11.6 Å². The minimum Gasteiger partial charge on any atom is -0.326 e. The van der Waals surface area contributed by atoms with Crippen LogP contribution in [0.5, 0.6) is 0 Å². The number of hydrogen-bond acceptors (Lipinski definition) is 2. The maximum absolute atomic E-state index is 5.98. The summed E-state index contributed by atoms with van der Waals surface area (Å²) in [6, 6.07) is 0.634. The van der Waals surface area contributed by atoms with Crippen LogP contribution in [0.25, 0.3) is 0 Å². The molecule has 2 nitrogen and oxygen atoms in total. The van der Waals surface area contributed by atoms with Crippen LogP contribution in [0, 0.1) is 0 Å². The first-order valence-corrected chi connectivity index (χ1v) is 4.82. The van der Waals surface area contributed by atoms with E-state index in [1.54, 1.807) is 0 Å². The second-order valence-corrected chi connectivity index (χ2v) is 4.60. The van der Waals surface area contributed by atoms with Gasteiger partial charge in [0.25, 0.3) is 0 Å². The fourth-order valence-electron chi connectivity index (χ4n) is 1.48. The van der Waals surface area contributed by atoms with E-state index < -0.39 is 0 Å². The molecule has 0 fully saturated rings. The van der Waals surface area contributed by atoms with Gasteiger partial charge < -0.3 is 10.6 Å². The Balaban J connectivity index is 3.95. The first kappa shape index (κ1) is 11.9. The molecule has 0 amide bonds. The van der Waals surface area contributed by atoms with E-state index in [-0.39, 0.29) is 5.54 Å². The summed E-state index contributed by atoms with van der Waals surface area (Å²) in [6.45, 7) is 6.42. The molecule has 0 saturated carbocycles. The molecular weight excluding hydrogens is 148 g/mol. The first-order valence-electron chi connectivity index (χ1n) is 4.82. The van der Waals surface area contributed by atoms with Crippen LogP contribution < -0.4 is 5.73 Å². The molecule has 0 aromatic rings. The predicted molar refractivity (Wildman–Crippen MR) is 55.3 cm³/mol. The van der Waals surface area contributed by atoms with Gasteiger partial charge in [-0.05, 0) is 40.8 Å². The van der Waals surface area contributed by atoms with Gasteiger partial charge in [-0.1, -0.05) is 13.3 Å². The van der Waals surface area contributed by atoms with Crippen LogP contribution in [-0.4, -0.2) is 30.6 Å². The summed E-state index contributed by atoms with van der Waals surface area (Å²) in [7, 11) is 4.26. The molecule has 0 rings (SSSR count). The summed E-state index contributed by atoms with van der Waals surface area (Å²) in [4.78, 5) is 2.28. The molecule has 74 valence electrons. The van der Waals surface area contributed by atoms with Crippen LogP contribution in [0.15, 0.2) is 0 Å². The van der Waals surface area contributed by atoms with Crippen molar-refractivity contribution in [3.63, 3.8) is 0 Å². The largest absolute Gasteiger partial charge is 0.326 e. The lowest BCUT2D eigenvalue weighted by Crippen LogP contribution is -2.41. The molecule has 0 aliphatic heterocycles. The molecule has 0 spiro atoms. The van der Waals surface area contributed by atoms with Gasteiger partial charge in [0.15, 0.2) is 0 Å². The van der Waals surface area contributed by atoms with Gasteiger partial charge in [-0.2, -0.15) is 0 Å². The monoisotopic (exact) mass is 172 g/mol. The second kappa shape index (κ2) is 4.83. The third kappa shape index (κ3) is 5.56. The molecule has 1 atom stereocenters. The standard InChI is InChI=1S/C10H24N2/c1-6-7-9(12(4)5)8-10(2,3)11/h9H,6-8,11H2,1-5H3. The van der Waals surface area contributed by atoms with E-state index in [1.165, 1.54) is 12.8 Å².